The Kier molecular flexibility index (Phi) is 5.80. The van der Waals surface area contributed by atoms with Gasteiger partial charge in [-0.25, -0.2) is 4.98 Å². The van der Waals surface area contributed by atoms with Gasteiger partial charge in [-0.1, -0.05) is 6.07 Å². The van der Waals surface area contributed by atoms with Crippen LogP contribution in [0.3, 0.4) is 0 Å². The quantitative estimate of drug-likeness (QED) is 0.905. The zero-order chi connectivity index (χ0) is 16.8. The highest BCUT2D eigenvalue weighted by molar-refractivity contribution is 7.09. The highest BCUT2D eigenvalue weighted by Gasteiger charge is 2.21. The average molecular weight is 344 g/mol. The lowest BCUT2D eigenvalue weighted by Gasteiger charge is -2.20. The molecule has 3 heterocycles. The number of hydrogen-bond acceptors (Lipinski definition) is 5. The van der Waals surface area contributed by atoms with E-state index in [4.69, 9.17) is 5.73 Å². The Morgan fingerprint density at radius 3 is 2.96 bits per heavy atom. The van der Waals surface area contributed by atoms with Gasteiger partial charge in [-0.05, 0) is 49.5 Å². The molecule has 2 N–H and O–H groups in total. The molecule has 1 amide bonds. The summed E-state index contributed by atoms with van der Waals surface area (Å²) in [5, 5.41) is 2.07. The molecule has 6 heteroatoms. The van der Waals surface area contributed by atoms with E-state index < -0.39 is 0 Å². The normalized spacial score (nSPS) is 18.3. The summed E-state index contributed by atoms with van der Waals surface area (Å²) in [5.41, 5.74) is 6.58. The fourth-order valence-corrected chi connectivity index (χ4v) is 3.94. The number of anilines is 1. The molecule has 0 bridgehead atoms. The van der Waals surface area contributed by atoms with E-state index in [0.29, 0.717) is 18.2 Å². The monoisotopic (exact) mass is 344 g/mol. The molecule has 0 aliphatic carbocycles. The van der Waals surface area contributed by atoms with Crippen LogP contribution < -0.4 is 5.73 Å². The third-order valence-electron chi connectivity index (χ3n) is 4.59. The molecule has 3 rings (SSSR count). The lowest BCUT2D eigenvalue weighted by Crippen LogP contribution is -2.32. The Balaban J connectivity index is 1.47. The molecule has 0 radical (unpaired) electrons. The van der Waals surface area contributed by atoms with Crippen molar-refractivity contribution in [3.63, 3.8) is 0 Å². The Morgan fingerprint density at radius 1 is 1.29 bits per heavy atom. The van der Waals surface area contributed by atoms with Gasteiger partial charge in [0, 0.05) is 24.4 Å². The summed E-state index contributed by atoms with van der Waals surface area (Å²) in [6.07, 6.45) is 9.03. The number of aromatic nitrogens is 2. The second-order valence-electron chi connectivity index (χ2n) is 6.39. The van der Waals surface area contributed by atoms with Gasteiger partial charge in [0.25, 0.3) is 0 Å². The maximum Gasteiger partial charge on any atom is 0.222 e. The predicted octanol–water partition coefficient (Wildman–Crippen LogP) is 2.92. The molecule has 0 aromatic carbocycles. The van der Waals surface area contributed by atoms with Gasteiger partial charge in [0.2, 0.25) is 5.91 Å². The van der Waals surface area contributed by atoms with Gasteiger partial charge >= 0.3 is 0 Å². The van der Waals surface area contributed by atoms with Crippen molar-refractivity contribution in [1.29, 1.82) is 0 Å². The van der Waals surface area contributed by atoms with Crippen molar-refractivity contribution >= 4 is 23.1 Å². The van der Waals surface area contributed by atoms with Crippen LogP contribution in [0.2, 0.25) is 0 Å². The molecule has 1 aliphatic heterocycles. The van der Waals surface area contributed by atoms with E-state index in [9.17, 15) is 4.79 Å². The Labute approximate surface area is 146 Å². The number of thiophene rings is 1. The number of nitrogens with zero attached hydrogens (tertiary/aromatic N) is 3. The highest BCUT2D eigenvalue weighted by atomic mass is 32.1. The van der Waals surface area contributed by atoms with E-state index in [1.165, 1.54) is 4.88 Å². The predicted molar refractivity (Wildman–Crippen MR) is 96.7 cm³/mol. The molecule has 5 nitrogen and oxygen atoms in total. The molecule has 1 aliphatic rings. The Morgan fingerprint density at radius 2 is 2.21 bits per heavy atom. The van der Waals surface area contributed by atoms with Gasteiger partial charge in [0.15, 0.2) is 0 Å². The van der Waals surface area contributed by atoms with E-state index in [1.54, 1.807) is 23.7 Å². The van der Waals surface area contributed by atoms with Crippen LogP contribution in [-0.4, -0.2) is 33.9 Å². The van der Waals surface area contributed by atoms with E-state index >= 15 is 0 Å². The van der Waals surface area contributed by atoms with Crippen molar-refractivity contribution < 1.29 is 4.79 Å². The highest BCUT2D eigenvalue weighted by Crippen LogP contribution is 2.22. The average Bonchev–Trinajstić information content (AvgIpc) is 3.00. The van der Waals surface area contributed by atoms with Crippen LogP contribution in [0.4, 0.5) is 5.82 Å². The topological polar surface area (TPSA) is 72.1 Å². The molecule has 24 heavy (non-hydrogen) atoms. The molecule has 1 unspecified atom stereocenters. The number of nitrogen functional groups attached to an aromatic ring is 1. The number of carbonyl (C=O) groups is 1. The Hall–Kier alpha value is -1.95. The maximum atomic E-state index is 12.4. The summed E-state index contributed by atoms with van der Waals surface area (Å²) in [6.45, 7) is 1.74. The van der Waals surface area contributed by atoms with Crippen LogP contribution >= 0.6 is 11.3 Å². The molecule has 2 aromatic heterocycles. The molecule has 0 spiro atoms. The van der Waals surface area contributed by atoms with Crippen LogP contribution in [0, 0.1) is 5.92 Å². The molecular formula is C18H24N4OS. The third-order valence-corrected chi connectivity index (χ3v) is 5.53. The van der Waals surface area contributed by atoms with Crippen molar-refractivity contribution in [2.45, 2.75) is 38.5 Å². The van der Waals surface area contributed by atoms with Gasteiger partial charge in [0.1, 0.15) is 5.82 Å². The van der Waals surface area contributed by atoms with E-state index in [-0.39, 0.29) is 5.91 Å². The molecule has 1 atom stereocenters. The zero-order valence-electron chi connectivity index (χ0n) is 13.9. The summed E-state index contributed by atoms with van der Waals surface area (Å²) >= 11 is 1.73. The summed E-state index contributed by atoms with van der Waals surface area (Å²) in [4.78, 5) is 24.2. The van der Waals surface area contributed by atoms with Crippen LogP contribution in [-0.2, 0) is 17.6 Å². The standard InChI is InChI=1S/C18H24N4OS/c19-17-13-20-15(12-21-17)11-14-3-1-8-22(9-7-14)18(23)6-5-16-4-2-10-24-16/h2,4,10,12-14H,1,3,5-9,11H2,(H2,19,21). The second kappa shape index (κ2) is 8.24. The van der Waals surface area contributed by atoms with Crippen molar-refractivity contribution in [2.24, 2.45) is 5.92 Å². The first-order chi connectivity index (χ1) is 11.7. The van der Waals surface area contributed by atoms with Crippen molar-refractivity contribution in [2.75, 3.05) is 18.8 Å². The van der Waals surface area contributed by atoms with Crippen molar-refractivity contribution in [3.05, 3.63) is 40.5 Å². The zero-order valence-corrected chi connectivity index (χ0v) is 14.7. The molecule has 0 saturated carbocycles. The summed E-state index contributed by atoms with van der Waals surface area (Å²) < 4.78 is 0. The minimum atomic E-state index is 0.288. The first-order valence-electron chi connectivity index (χ1n) is 8.57. The smallest absolute Gasteiger partial charge is 0.222 e. The fraction of sp³-hybridized carbons (Fsp3) is 0.500. The van der Waals surface area contributed by atoms with Crippen LogP contribution in [0.15, 0.2) is 29.9 Å². The second-order valence-corrected chi connectivity index (χ2v) is 7.43. The SMILES string of the molecule is Nc1cnc(CC2CCCN(C(=O)CCc3cccs3)CC2)cn1. The molecule has 128 valence electrons. The summed E-state index contributed by atoms with van der Waals surface area (Å²) in [5.74, 6) is 1.32. The van der Waals surface area contributed by atoms with E-state index in [2.05, 4.69) is 21.4 Å². The molecule has 2 aromatic rings. The van der Waals surface area contributed by atoms with E-state index in [1.807, 2.05) is 11.0 Å². The van der Waals surface area contributed by atoms with E-state index in [0.717, 1.165) is 50.9 Å². The number of rotatable bonds is 5. The molecule has 1 fully saturated rings. The molecule has 1 saturated heterocycles. The number of aryl methyl sites for hydroxylation is 1. The largest absolute Gasteiger partial charge is 0.382 e. The summed E-state index contributed by atoms with van der Waals surface area (Å²) in [7, 11) is 0. The number of amides is 1. The van der Waals surface area contributed by atoms with Crippen LogP contribution in [0.5, 0.6) is 0 Å². The minimum absolute atomic E-state index is 0.288. The van der Waals surface area contributed by atoms with Gasteiger partial charge in [-0.3, -0.25) is 9.78 Å². The minimum Gasteiger partial charge on any atom is -0.382 e. The number of likely N-dealkylation sites (tertiary alicyclic amines) is 1. The lowest BCUT2D eigenvalue weighted by molar-refractivity contribution is -0.131. The first-order valence-corrected chi connectivity index (χ1v) is 9.45. The van der Waals surface area contributed by atoms with Gasteiger partial charge in [-0.2, -0.15) is 0 Å². The number of nitrogens with two attached hydrogens (primary N) is 1. The molecular weight excluding hydrogens is 320 g/mol. The van der Waals surface area contributed by atoms with Gasteiger partial charge in [-0.15, -0.1) is 11.3 Å². The van der Waals surface area contributed by atoms with Crippen molar-refractivity contribution in [3.8, 4) is 0 Å². The third kappa shape index (κ3) is 4.77. The number of hydrogen-bond donors (Lipinski definition) is 1. The van der Waals surface area contributed by atoms with Crippen LogP contribution in [0.1, 0.15) is 36.3 Å². The Bertz CT molecular complexity index is 642. The van der Waals surface area contributed by atoms with Crippen LogP contribution in [0.25, 0.3) is 0 Å². The lowest BCUT2D eigenvalue weighted by atomic mass is 9.95. The van der Waals surface area contributed by atoms with Gasteiger partial charge < -0.3 is 10.6 Å². The summed E-state index contributed by atoms with van der Waals surface area (Å²) in [6, 6.07) is 4.14. The van der Waals surface area contributed by atoms with Gasteiger partial charge in [0.05, 0.1) is 18.1 Å². The number of carbonyl (C=O) groups excluding carboxylic acids is 1. The van der Waals surface area contributed by atoms with Crippen molar-refractivity contribution in [1.82, 2.24) is 14.9 Å². The fourth-order valence-electron chi connectivity index (χ4n) is 3.23. The first kappa shape index (κ1) is 16.9. The maximum absolute atomic E-state index is 12.4.